The first kappa shape index (κ1) is 18.8. The van der Waals surface area contributed by atoms with Crippen molar-refractivity contribution in [3.05, 3.63) is 53.6 Å². The topological polar surface area (TPSA) is 41.6 Å². The van der Waals surface area contributed by atoms with Crippen LogP contribution in [0.2, 0.25) is 0 Å². The van der Waals surface area contributed by atoms with Crippen molar-refractivity contribution in [3.8, 4) is 5.75 Å². The van der Waals surface area contributed by atoms with E-state index in [1.807, 2.05) is 50.4 Å². The highest BCUT2D eigenvalue weighted by Crippen LogP contribution is 2.26. The number of thioether (sulfide) groups is 1. The summed E-state index contributed by atoms with van der Waals surface area (Å²) >= 11 is 1.67. The molecule has 0 aromatic heterocycles. The molecule has 0 radical (unpaired) electrons. The molecule has 3 rings (SSSR count). The standard InChI is InChI=1S/C21H26N2O2S/c1-4-25-19-9-8-16-10-11-23(14-17(16)12-19)15(2)21(24)22-18-6-5-7-20(13-18)26-3/h5-9,12-13,15H,4,10-11,14H2,1-3H3,(H,22,24). The largest absolute Gasteiger partial charge is 0.494 e. The molecule has 5 heteroatoms. The Morgan fingerprint density at radius 3 is 2.88 bits per heavy atom. The van der Waals surface area contributed by atoms with Crippen LogP contribution in [0.1, 0.15) is 25.0 Å². The number of hydrogen-bond donors (Lipinski definition) is 1. The van der Waals surface area contributed by atoms with E-state index in [0.29, 0.717) is 6.61 Å². The molecule has 1 aliphatic rings. The Hall–Kier alpha value is -1.98. The molecule has 0 saturated carbocycles. The average Bonchev–Trinajstić information content (AvgIpc) is 2.67. The van der Waals surface area contributed by atoms with Gasteiger partial charge in [0, 0.05) is 23.7 Å². The van der Waals surface area contributed by atoms with Crippen LogP contribution in [0, 0.1) is 0 Å². The van der Waals surface area contributed by atoms with Crippen molar-refractivity contribution in [2.24, 2.45) is 0 Å². The maximum Gasteiger partial charge on any atom is 0.241 e. The highest BCUT2D eigenvalue weighted by atomic mass is 32.2. The molecule has 1 atom stereocenters. The summed E-state index contributed by atoms with van der Waals surface area (Å²) in [4.78, 5) is 16.1. The third-order valence-electron chi connectivity index (χ3n) is 4.79. The molecule has 0 spiro atoms. The number of carbonyl (C=O) groups is 1. The zero-order valence-corrected chi connectivity index (χ0v) is 16.4. The van der Waals surface area contributed by atoms with Crippen LogP contribution in [0.25, 0.3) is 0 Å². The van der Waals surface area contributed by atoms with Crippen LogP contribution < -0.4 is 10.1 Å². The molecule has 4 nitrogen and oxygen atoms in total. The van der Waals surface area contributed by atoms with E-state index in [9.17, 15) is 4.79 Å². The van der Waals surface area contributed by atoms with Crippen molar-refractivity contribution in [2.75, 3.05) is 24.7 Å². The van der Waals surface area contributed by atoms with E-state index in [1.165, 1.54) is 11.1 Å². The van der Waals surface area contributed by atoms with Crippen LogP contribution in [-0.4, -0.2) is 36.3 Å². The minimum Gasteiger partial charge on any atom is -0.494 e. The lowest BCUT2D eigenvalue weighted by Gasteiger charge is -2.33. The fourth-order valence-electron chi connectivity index (χ4n) is 3.26. The predicted molar refractivity (Wildman–Crippen MR) is 108 cm³/mol. The van der Waals surface area contributed by atoms with Crippen molar-refractivity contribution in [1.82, 2.24) is 4.90 Å². The maximum atomic E-state index is 12.7. The molecule has 1 amide bonds. The molecule has 0 aliphatic carbocycles. The van der Waals surface area contributed by atoms with Crippen LogP contribution in [-0.2, 0) is 17.8 Å². The fraction of sp³-hybridized carbons (Fsp3) is 0.381. The van der Waals surface area contributed by atoms with E-state index in [4.69, 9.17) is 4.74 Å². The summed E-state index contributed by atoms with van der Waals surface area (Å²) < 4.78 is 5.62. The molecule has 1 aliphatic heterocycles. The Bertz CT molecular complexity index is 778. The average molecular weight is 371 g/mol. The zero-order valence-electron chi connectivity index (χ0n) is 15.6. The Morgan fingerprint density at radius 1 is 1.27 bits per heavy atom. The second-order valence-corrected chi connectivity index (χ2v) is 7.36. The third-order valence-corrected chi connectivity index (χ3v) is 5.52. The van der Waals surface area contributed by atoms with Gasteiger partial charge in [0.05, 0.1) is 12.6 Å². The normalized spacial score (nSPS) is 15.2. The quantitative estimate of drug-likeness (QED) is 0.774. The summed E-state index contributed by atoms with van der Waals surface area (Å²) in [7, 11) is 0. The second kappa shape index (κ2) is 8.60. The van der Waals surface area contributed by atoms with Gasteiger partial charge in [0.15, 0.2) is 0 Å². The van der Waals surface area contributed by atoms with Crippen LogP contribution in [0.5, 0.6) is 5.75 Å². The van der Waals surface area contributed by atoms with Crippen molar-refractivity contribution >= 4 is 23.4 Å². The third kappa shape index (κ3) is 4.40. The van der Waals surface area contributed by atoms with Crippen molar-refractivity contribution in [3.63, 3.8) is 0 Å². The molecule has 2 aromatic rings. The molecular formula is C21H26N2O2S. The first-order chi connectivity index (χ1) is 12.6. The van der Waals surface area contributed by atoms with Crippen LogP contribution in [0.4, 0.5) is 5.69 Å². The maximum absolute atomic E-state index is 12.7. The van der Waals surface area contributed by atoms with Gasteiger partial charge in [0.1, 0.15) is 5.75 Å². The number of anilines is 1. The summed E-state index contributed by atoms with van der Waals surface area (Å²) in [6.45, 7) is 6.29. The van der Waals surface area contributed by atoms with Gasteiger partial charge in [-0.2, -0.15) is 0 Å². The first-order valence-electron chi connectivity index (χ1n) is 9.04. The number of amides is 1. The number of fused-ring (bicyclic) bond motifs is 1. The molecule has 138 valence electrons. The van der Waals surface area contributed by atoms with E-state index in [0.717, 1.165) is 35.8 Å². The van der Waals surface area contributed by atoms with Crippen LogP contribution in [0.15, 0.2) is 47.4 Å². The number of benzene rings is 2. The molecule has 26 heavy (non-hydrogen) atoms. The Labute approximate surface area is 159 Å². The van der Waals surface area contributed by atoms with Crippen molar-refractivity contribution in [1.29, 1.82) is 0 Å². The molecule has 1 unspecified atom stereocenters. The van der Waals surface area contributed by atoms with Crippen LogP contribution in [0.3, 0.4) is 0 Å². The molecule has 2 aromatic carbocycles. The zero-order chi connectivity index (χ0) is 18.5. The summed E-state index contributed by atoms with van der Waals surface area (Å²) in [6, 6.07) is 14.1. The van der Waals surface area contributed by atoms with E-state index >= 15 is 0 Å². The highest BCUT2D eigenvalue weighted by Gasteiger charge is 2.25. The lowest BCUT2D eigenvalue weighted by atomic mass is 9.98. The van der Waals surface area contributed by atoms with Gasteiger partial charge in [-0.25, -0.2) is 0 Å². The first-order valence-corrected chi connectivity index (χ1v) is 10.3. The Balaban J connectivity index is 1.67. The van der Waals surface area contributed by atoms with E-state index in [-0.39, 0.29) is 11.9 Å². The predicted octanol–water partition coefficient (Wildman–Crippen LogP) is 4.19. The second-order valence-electron chi connectivity index (χ2n) is 6.48. The van der Waals surface area contributed by atoms with Gasteiger partial charge in [-0.3, -0.25) is 9.69 Å². The lowest BCUT2D eigenvalue weighted by molar-refractivity contribution is -0.121. The number of rotatable bonds is 6. The Morgan fingerprint density at radius 2 is 2.12 bits per heavy atom. The lowest BCUT2D eigenvalue weighted by Crippen LogP contribution is -2.44. The van der Waals surface area contributed by atoms with Gasteiger partial charge in [-0.1, -0.05) is 12.1 Å². The van der Waals surface area contributed by atoms with Gasteiger partial charge >= 0.3 is 0 Å². The SMILES string of the molecule is CCOc1ccc2c(c1)CN(C(C)C(=O)Nc1cccc(SC)c1)CC2. The van der Waals surface area contributed by atoms with E-state index in [2.05, 4.69) is 22.3 Å². The highest BCUT2D eigenvalue weighted by molar-refractivity contribution is 7.98. The van der Waals surface area contributed by atoms with Gasteiger partial charge in [-0.05, 0) is 68.0 Å². The number of nitrogens with zero attached hydrogens (tertiary/aromatic N) is 1. The monoisotopic (exact) mass is 370 g/mol. The summed E-state index contributed by atoms with van der Waals surface area (Å²) in [6.07, 6.45) is 2.99. The summed E-state index contributed by atoms with van der Waals surface area (Å²) in [5, 5.41) is 3.05. The molecule has 1 N–H and O–H groups in total. The van der Waals surface area contributed by atoms with E-state index in [1.54, 1.807) is 11.8 Å². The number of hydrogen-bond acceptors (Lipinski definition) is 4. The fourth-order valence-corrected chi connectivity index (χ4v) is 3.72. The summed E-state index contributed by atoms with van der Waals surface area (Å²) in [5.74, 6) is 0.937. The molecule has 0 saturated heterocycles. The van der Waals surface area contributed by atoms with Crippen molar-refractivity contribution in [2.45, 2.75) is 37.8 Å². The van der Waals surface area contributed by atoms with Crippen LogP contribution >= 0.6 is 11.8 Å². The molecular weight excluding hydrogens is 344 g/mol. The smallest absolute Gasteiger partial charge is 0.241 e. The number of ether oxygens (including phenoxy) is 1. The minimum atomic E-state index is -0.183. The van der Waals surface area contributed by atoms with Gasteiger partial charge in [0.25, 0.3) is 0 Å². The van der Waals surface area contributed by atoms with Gasteiger partial charge in [-0.15, -0.1) is 11.8 Å². The summed E-state index contributed by atoms with van der Waals surface area (Å²) in [5.41, 5.74) is 3.46. The van der Waals surface area contributed by atoms with Gasteiger partial charge in [0.2, 0.25) is 5.91 Å². The van der Waals surface area contributed by atoms with Crippen molar-refractivity contribution < 1.29 is 9.53 Å². The Kier molecular flexibility index (Phi) is 6.22. The van der Waals surface area contributed by atoms with E-state index < -0.39 is 0 Å². The molecule has 1 heterocycles. The van der Waals surface area contributed by atoms with Gasteiger partial charge < -0.3 is 10.1 Å². The number of carbonyl (C=O) groups excluding carboxylic acids is 1. The number of nitrogens with one attached hydrogen (secondary N) is 1. The molecule has 0 fully saturated rings. The minimum absolute atomic E-state index is 0.0349. The molecule has 0 bridgehead atoms.